The summed E-state index contributed by atoms with van der Waals surface area (Å²) in [7, 11) is 1.82. The summed E-state index contributed by atoms with van der Waals surface area (Å²) < 4.78 is 0.867. The third-order valence-electron chi connectivity index (χ3n) is 2.85. The fourth-order valence-electron chi connectivity index (χ4n) is 1.84. The molecule has 0 saturated carbocycles. The van der Waals surface area contributed by atoms with Crippen molar-refractivity contribution < 1.29 is 0 Å². The zero-order chi connectivity index (χ0) is 14.7. The van der Waals surface area contributed by atoms with Crippen LogP contribution in [-0.2, 0) is 0 Å². The van der Waals surface area contributed by atoms with E-state index in [9.17, 15) is 5.26 Å². The zero-order valence-corrected chi connectivity index (χ0v) is 13.0. The number of hydrogen-bond donors (Lipinski definition) is 2. The fraction of sp³-hybridized carbons (Fsp3) is 0.214. The van der Waals surface area contributed by atoms with Gasteiger partial charge < -0.3 is 10.6 Å². The Labute approximate surface area is 126 Å². The lowest BCUT2D eigenvalue weighted by atomic mass is 10.2. The molecule has 2 N–H and O–H groups in total. The van der Waals surface area contributed by atoms with Crippen LogP contribution in [0.3, 0.4) is 0 Å². The number of nitriles is 1. The van der Waals surface area contributed by atoms with Gasteiger partial charge in [-0.25, -0.2) is 9.97 Å². The Morgan fingerprint density at radius 2 is 1.90 bits per heavy atom. The molecule has 0 spiro atoms. The standard InChI is InChI=1S/C14H14BrN5/c1-8-13(17-3)18-9(2)19-14(8)20-12-5-4-11(15)6-10(12)7-16/h4-6H,1-3H3,(H2,17,18,19,20). The number of aryl methyl sites for hydroxylation is 1. The van der Waals surface area contributed by atoms with Crippen LogP contribution in [-0.4, -0.2) is 17.0 Å². The van der Waals surface area contributed by atoms with E-state index in [4.69, 9.17) is 0 Å². The van der Waals surface area contributed by atoms with Crippen molar-refractivity contribution in [3.8, 4) is 6.07 Å². The molecule has 0 aliphatic carbocycles. The Bertz CT molecular complexity index is 691. The van der Waals surface area contributed by atoms with Gasteiger partial charge in [0.05, 0.1) is 11.3 Å². The number of nitrogens with one attached hydrogen (secondary N) is 2. The Morgan fingerprint density at radius 3 is 2.55 bits per heavy atom. The molecule has 0 radical (unpaired) electrons. The smallest absolute Gasteiger partial charge is 0.139 e. The maximum absolute atomic E-state index is 9.19. The highest BCUT2D eigenvalue weighted by molar-refractivity contribution is 9.10. The second-order valence-electron chi connectivity index (χ2n) is 4.27. The van der Waals surface area contributed by atoms with Gasteiger partial charge in [0.1, 0.15) is 23.5 Å². The van der Waals surface area contributed by atoms with E-state index in [-0.39, 0.29) is 0 Å². The van der Waals surface area contributed by atoms with Gasteiger partial charge in [-0.3, -0.25) is 0 Å². The molecule has 20 heavy (non-hydrogen) atoms. The quantitative estimate of drug-likeness (QED) is 0.900. The predicted octanol–water partition coefficient (Wildman–Crippen LogP) is 3.51. The summed E-state index contributed by atoms with van der Waals surface area (Å²) in [6.45, 7) is 3.76. The number of benzene rings is 1. The Morgan fingerprint density at radius 1 is 1.20 bits per heavy atom. The topological polar surface area (TPSA) is 73.6 Å². The first-order chi connectivity index (χ1) is 9.55. The summed E-state index contributed by atoms with van der Waals surface area (Å²) in [5.41, 5.74) is 2.19. The SMILES string of the molecule is CNc1nc(C)nc(Nc2ccc(Br)cc2C#N)c1C. The molecule has 1 aromatic heterocycles. The van der Waals surface area contributed by atoms with Crippen LogP contribution in [0, 0.1) is 25.2 Å². The van der Waals surface area contributed by atoms with Gasteiger partial charge in [0.25, 0.3) is 0 Å². The molecule has 1 aromatic carbocycles. The summed E-state index contributed by atoms with van der Waals surface area (Å²) in [6, 6.07) is 7.66. The molecule has 0 unspecified atom stereocenters. The van der Waals surface area contributed by atoms with E-state index in [1.165, 1.54) is 0 Å². The Kier molecular flexibility index (Phi) is 4.20. The molecule has 1 heterocycles. The number of halogens is 1. The van der Waals surface area contributed by atoms with E-state index >= 15 is 0 Å². The van der Waals surface area contributed by atoms with Crippen molar-refractivity contribution in [3.63, 3.8) is 0 Å². The van der Waals surface area contributed by atoms with Crippen LogP contribution in [0.25, 0.3) is 0 Å². The summed E-state index contributed by atoms with van der Waals surface area (Å²) in [5, 5.41) is 15.4. The highest BCUT2D eigenvalue weighted by Gasteiger charge is 2.10. The zero-order valence-electron chi connectivity index (χ0n) is 11.5. The van der Waals surface area contributed by atoms with Gasteiger partial charge in [0, 0.05) is 17.1 Å². The largest absolute Gasteiger partial charge is 0.373 e. The lowest BCUT2D eigenvalue weighted by Gasteiger charge is -2.13. The van der Waals surface area contributed by atoms with Crippen molar-refractivity contribution in [2.24, 2.45) is 0 Å². The first-order valence-electron chi connectivity index (χ1n) is 6.05. The second kappa shape index (κ2) is 5.88. The van der Waals surface area contributed by atoms with E-state index in [2.05, 4.69) is 42.6 Å². The van der Waals surface area contributed by atoms with Crippen LogP contribution in [0.4, 0.5) is 17.3 Å². The second-order valence-corrected chi connectivity index (χ2v) is 5.19. The first kappa shape index (κ1) is 14.3. The van der Waals surface area contributed by atoms with E-state index in [1.807, 2.05) is 33.0 Å². The minimum absolute atomic E-state index is 0.557. The lowest BCUT2D eigenvalue weighted by Crippen LogP contribution is -2.05. The molecule has 0 amide bonds. The number of anilines is 3. The molecule has 0 fully saturated rings. The summed E-state index contributed by atoms with van der Waals surface area (Å²) in [5.74, 6) is 2.13. The van der Waals surface area contributed by atoms with Crippen LogP contribution < -0.4 is 10.6 Å². The molecule has 0 atom stereocenters. The van der Waals surface area contributed by atoms with Crippen LogP contribution in [0.15, 0.2) is 22.7 Å². The number of aromatic nitrogens is 2. The normalized spacial score (nSPS) is 9.95. The van der Waals surface area contributed by atoms with Crippen molar-refractivity contribution in [2.45, 2.75) is 13.8 Å². The average Bonchev–Trinajstić information content (AvgIpc) is 2.44. The monoisotopic (exact) mass is 331 g/mol. The van der Waals surface area contributed by atoms with Gasteiger partial charge in [-0.05, 0) is 32.0 Å². The van der Waals surface area contributed by atoms with Crippen molar-refractivity contribution >= 4 is 33.3 Å². The minimum Gasteiger partial charge on any atom is -0.373 e. The number of hydrogen-bond acceptors (Lipinski definition) is 5. The predicted molar refractivity (Wildman–Crippen MR) is 83.2 cm³/mol. The molecule has 0 aliphatic rings. The maximum Gasteiger partial charge on any atom is 0.139 e. The highest BCUT2D eigenvalue weighted by atomic mass is 79.9. The Hall–Kier alpha value is -2.13. The molecule has 2 rings (SSSR count). The third kappa shape index (κ3) is 2.89. The summed E-state index contributed by atoms with van der Waals surface area (Å²) >= 11 is 3.36. The fourth-order valence-corrected chi connectivity index (χ4v) is 2.20. The molecule has 0 aliphatic heterocycles. The third-order valence-corrected chi connectivity index (χ3v) is 3.34. The van der Waals surface area contributed by atoms with Crippen LogP contribution >= 0.6 is 15.9 Å². The van der Waals surface area contributed by atoms with Gasteiger partial charge in [-0.2, -0.15) is 5.26 Å². The van der Waals surface area contributed by atoms with Gasteiger partial charge >= 0.3 is 0 Å². The van der Waals surface area contributed by atoms with Crippen LogP contribution in [0.1, 0.15) is 17.0 Å². The highest BCUT2D eigenvalue weighted by Crippen LogP contribution is 2.26. The Balaban J connectivity index is 2.45. The van der Waals surface area contributed by atoms with Crippen molar-refractivity contribution in [3.05, 3.63) is 39.6 Å². The van der Waals surface area contributed by atoms with Crippen molar-refractivity contribution in [1.82, 2.24) is 9.97 Å². The molecule has 6 heteroatoms. The number of rotatable bonds is 3. The van der Waals surface area contributed by atoms with Crippen LogP contribution in [0.2, 0.25) is 0 Å². The minimum atomic E-state index is 0.557. The summed E-state index contributed by atoms with van der Waals surface area (Å²) in [6.07, 6.45) is 0. The van der Waals surface area contributed by atoms with Gasteiger partial charge in [-0.1, -0.05) is 15.9 Å². The van der Waals surface area contributed by atoms with E-state index in [1.54, 1.807) is 6.07 Å². The first-order valence-corrected chi connectivity index (χ1v) is 6.84. The molecule has 2 aromatic rings. The summed E-state index contributed by atoms with van der Waals surface area (Å²) in [4.78, 5) is 8.71. The van der Waals surface area contributed by atoms with E-state index < -0.39 is 0 Å². The van der Waals surface area contributed by atoms with E-state index in [0.29, 0.717) is 17.2 Å². The molecule has 102 valence electrons. The number of nitrogens with zero attached hydrogens (tertiary/aromatic N) is 3. The van der Waals surface area contributed by atoms with Gasteiger partial charge in [0.15, 0.2) is 0 Å². The molecule has 0 bridgehead atoms. The van der Waals surface area contributed by atoms with Crippen LogP contribution in [0.5, 0.6) is 0 Å². The van der Waals surface area contributed by atoms with E-state index in [0.717, 1.165) is 21.5 Å². The molecular formula is C14H14BrN5. The molecule has 5 nitrogen and oxygen atoms in total. The van der Waals surface area contributed by atoms with Gasteiger partial charge in [0.2, 0.25) is 0 Å². The van der Waals surface area contributed by atoms with Crippen molar-refractivity contribution in [1.29, 1.82) is 5.26 Å². The molecule has 0 saturated heterocycles. The lowest BCUT2D eigenvalue weighted by molar-refractivity contribution is 1.03. The van der Waals surface area contributed by atoms with Gasteiger partial charge in [-0.15, -0.1) is 0 Å². The molecular weight excluding hydrogens is 318 g/mol. The average molecular weight is 332 g/mol. The maximum atomic E-state index is 9.19. The van der Waals surface area contributed by atoms with Crippen molar-refractivity contribution in [2.75, 3.05) is 17.7 Å².